The molecule has 0 aliphatic rings. The van der Waals surface area contributed by atoms with Gasteiger partial charge in [-0.1, -0.05) is 0 Å². The molecule has 1 N–H and O–H groups in total. The van der Waals surface area contributed by atoms with E-state index in [0.29, 0.717) is 15.6 Å². The van der Waals surface area contributed by atoms with Gasteiger partial charge >= 0.3 is 0 Å². The van der Waals surface area contributed by atoms with E-state index in [-0.39, 0.29) is 11.7 Å². The summed E-state index contributed by atoms with van der Waals surface area (Å²) < 4.78 is 13.0. The van der Waals surface area contributed by atoms with Crippen molar-refractivity contribution in [2.24, 2.45) is 0 Å². The third-order valence-electron chi connectivity index (χ3n) is 2.98. The Morgan fingerprint density at radius 1 is 1.19 bits per heavy atom. The van der Waals surface area contributed by atoms with Crippen molar-refractivity contribution < 1.29 is 9.18 Å². The molecule has 3 rings (SSSR count). The Morgan fingerprint density at radius 3 is 2.62 bits per heavy atom. The number of thiophene rings is 1. The summed E-state index contributed by atoms with van der Waals surface area (Å²) in [5.41, 5.74) is 4.04. The lowest BCUT2D eigenvalue weighted by Gasteiger charge is -2.05. The number of halogens is 1. The highest BCUT2D eigenvalue weighted by Gasteiger charge is 2.15. The van der Waals surface area contributed by atoms with Crippen LogP contribution >= 0.6 is 22.7 Å². The summed E-state index contributed by atoms with van der Waals surface area (Å²) in [5, 5.41) is 5.43. The fourth-order valence-corrected chi connectivity index (χ4v) is 3.43. The number of carbonyl (C=O) groups excluding carboxylic acids is 1. The van der Waals surface area contributed by atoms with Gasteiger partial charge in [0.1, 0.15) is 16.5 Å². The van der Waals surface area contributed by atoms with Gasteiger partial charge in [-0.25, -0.2) is 9.37 Å². The number of hydrogen-bond donors (Lipinski definition) is 1. The van der Waals surface area contributed by atoms with Crippen LogP contribution in [0.3, 0.4) is 0 Å². The highest BCUT2D eigenvalue weighted by molar-refractivity contribution is 7.15. The smallest absolute Gasteiger partial charge is 0.266 e. The van der Waals surface area contributed by atoms with E-state index in [9.17, 15) is 9.18 Å². The number of nitrogens with one attached hydrogen (secondary N) is 1. The summed E-state index contributed by atoms with van der Waals surface area (Å²) in [6.07, 6.45) is 0. The van der Waals surface area contributed by atoms with Crippen molar-refractivity contribution in [3.8, 4) is 11.3 Å². The molecule has 106 valence electrons. The van der Waals surface area contributed by atoms with Crippen molar-refractivity contribution in [1.82, 2.24) is 4.98 Å². The Hall–Kier alpha value is -2.05. The third kappa shape index (κ3) is 2.86. The molecule has 0 spiro atoms. The number of aromatic nitrogens is 1. The molecule has 0 atom stereocenters. The monoisotopic (exact) mass is 318 g/mol. The van der Waals surface area contributed by atoms with E-state index in [1.54, 1.807) is 17.6 Å². The number of thiazole rings is 1. The Balaban J connectivity index is 1.88. The Morgan fingerprint density at radius 2 is 1.95 bits per heavy atom. The average molecular weight is 318 g/mol. The third-order valence-corrected chi connectivity index (χ3v) is 4.74. The quantitative estimate of drug-likeness (QED) is 0.768. The largest absolute Gasteiger partial charge is 0.311 e. The molecule has 0 aliphatic carbocycles. The maximum atomic E-state index is 13.0. The van der Waals surface area contributed by atoms with Crippen LogP contribution in [0, 0.1) is 12.7 Å². The van der Waals surface area contributed by atoms with E-state index >= 15 is 0 Å². The van der Waals surface area contributed by atoms with Crippen LogP contribution < -0.4 is 5.32 Å². The molecule has 0 bridgehead atoms. The summed E-state index contributed by atoms with van der Waals surface area (Å²) >= 11 is 2.75. The highest BCUT2D eigenvalue weighted by Crippen LogP contribution is 2.31. The topological polar surface area (TPSA) is 42.0 Å². The van der Waals surface area contributed by atoms with Crippen molar-refractivity contribution in [1.29, 1.82) is 0 Å². The summed E-state index contributed by atoms with van der Waals surface area (Å²) in [7, 11) is 0. The van der Waals surface area contributed by atoms with E-state index in [2.05, 4.69) is 10.3 Å². The second kappa shape index (κ2) is 5.75. The molecule has 1 aromatic carbocycles. The summed E-state index contributed by atoms with van der Waals surface area (Å²) in [4.78, 5) is 17.2. The molecule has 3 aromatic rings. The lowest BCUT2D eigenvalue weighted by Crippen LogP contribution is -2.11. The van der Waals surface area contributed by atoms with E-state index in [4.69, 9.17) is 0 Å². The number of carbonyl (C=O) groups is 1. The van der Waals surface area contributed by atoms with Crippen molar-refractivity contribution in [2.75, 3.05) is 5.32 Å². The van der Waals surface area contributed by atoms with Gasteiger partial charge in [-0.05, 0) is 48.2 Å². The first-order chi connectivity index (χ1) is 10.1. The second-order valence-electron chi connectivity index (χ2n) is 4.42. The lowest BCUT2D eigenvalue weighted by atomic mass is 10.1. The molecule has 1 amide bonds. The van der Waals surface area contributed by atoms with Gasteiger partial charge in [0, 0.05) is 5.56 Å². The number of amides is 1. The minimum Gasteiger partial charge on any atom is -0.311 e. The predicted octanol–water partition coefficient (Wildman–Crippen LogP) is 4.57. The molecule has 0 saturated heterocycles. The maximum absolute atomic E-state index is 13.0. The van der Waals surface area contributed by atoms with Crippen molar-refractivity contribution in [3.05, 3.63) is 57.5 Å². The van der Waals surface area contributed by atoms with Crippen LogP contribution in [0.5, 0.6) is 0 Å². The molecule has 2 heterocycles. The molecule has 2 aromatic heterocycles. The van der Waals surface area contributed by atoms with Gasteiger partial charge in [-0.15, -0.1) is 22.7 Å². The summed E-state index contributed by atoms with van der Waals surface area (Å²) in [6, 6.07) is 7.97. The molecule has 3 nitrogen and oxygen atoms in total. The summed E-state index contributed by atoms with van der Waals surface area (Å²) in [5.74, 6) is -0.441. The minimum absolute atomic E-state index is 0.143. The zero-order valence-electron chi connectivity index (χ0n) is 11.1. The van der Waals surface area contributed by atoms with Crippen LogP contribution in [0.2, 0.25) is 0 Å². The Labute approximate surface area is 129 Å². The molecule has 0 saturated carbocycles. The SMILES string of the molecule is Cc1ccsc1C(=O)Nc1scnc1-c1ccc(F)cc1. The van der Waals surface area contributed by atoms with Gasteiger partial charge in [0.2, 0.25) is 0 Å². The zero-order valence-corrected chi connectivity index (χ0v) is 12.7. The van der Waals surface area contributed by atoms with Crippen LogP contribution in [0.15, 0.2) is 41.2 Å². The zero-order chi connectivity index (χ0) is 14.8. The number of hydrogen-bond acceptors (Lipinski definition) is 4. The lowest BCUT2D eigenvalue weighted by molar-refractivity contribution is 0.103. The van der Waals surface area contributed by atoms with Gasteiger partial charge in [0.15, 0.2) is 0 Å². The fraction of sp³-hybridized carbons (Fsp3) is 0.0667. The fourth-order valence-electron chi connectivity index (χ4n) is 1.91. The predicted molar refractivity (Wildman–Crippen MR) is 84.5 cm³/mol. The van der Waals surface area contributed by atoms with Crippen LogP contribution in [-0.2, 0) is 0 Å². The van der Waals surface area contributed by atoms with Crippen LogP contribution in [0.25, 0.3) is 11.3 Å². The van der Waals surface area contributed by atoms with Crippen LogP contribution in [0.4, 0.5) is 9.39 Å². The molecule has 0 fully saturated rings. The standard InChI is InChI=1S/C15H11FN2OS2/c1-9-6-7-20-13(9)14(19)18-15-12(17-8-21-15)10-2-4-11(16)5-3-10/h2-8H,1H3,(H,18,19). The van der Waals surface area contributed by atoms with Crippen molar-refractivity contribution in [2.45, 2.75) is 6.92 Å². The van der Waals surface area contributed by atoms with Gasteiger partial charge in [0.25, 0.3) is 5.91 Å². The normalized spacial score (nSPS) is 10.6. The summed E-state index contributed by atoms with van der Waals surface area (Å²) in [6.45, 7) is 1.90. The maximum Gasteiger partial charge on any atom is 0.266 e. The highest BCUT2D eigenvalue weighted by atomic mass is 32.1. The molecule has 0 radical (unpaired) electrons. The van der Waals surface area contributed by atoms with E-state index in [1.165, 1.54) is 34.8 Å². The molecule has 21 heavy (non-hydrogen) atoms. The first-order valence-corrected chi connectivity index (χ1v) is 7.96. The second-order valence-corrected chi connectivity index (χ2v) is 6.19. The van der Waals surface area contributed by atoms with Crippen LogP contribution in [0.1, 0.15) is 15.2 Å². The first kappa shape index (κ1) is 13.9. The van der Waals surface area contributed by atoms with E-state index in [0.717, 1.165) is 11.1 Å². The number of aryl methyl sites for hydroxylation is 1. The van der Waals surface area contributed by atoms with Crippen molar-refractivity contribution >= 4 is 33.6 Å². The molecule has 6 heteroatoms. The van der Waals surface area contributed by atoms with Crippen LogP contribution in [-0.4, -0.2) is 10.9 Å². The van der Waals surface area contributed by atoms with Gasteiger partial charge in [0.05, 0.1) is 10.4 Å². The van der Waals surface area contributed by atoms with E-state index in [1.807, 2.05) is 18.4 Å². The Bertz CT molecular complexity index is 777. The van der Waals surface area contributed by atoms with Gasteiger partial charge in [-0.2, -0.15) is 0 Å². The number of anilines is 1. The Kier molecular flexibility index (Phi) is 3.81. The van der Waals surface area contributed by atoms with Gasteiger partial charge < -0.3 is 5.32 Å². The molecule has 0 unspecified atom stereocenters. The minimum atomic E-state index is -0.297. The average Bonchev–Trinajstić information content (AvgIpc) is 3.09. The number of rotatable bonds is 3. The molecular formula is C15H11FN2OS2. The van der Waals surface area contributed by atoms with E-state index < -0.39 is 0 Å². The van der Waals surface area contributed by atoms with Crippen molar-refractivity contribution in [3.63, 3.8) is 0 Å². The number of nitrogens with zero attached hydrogens (tertiary/aromatic N) is 1. The number of benzene rings is 1. The molecule has 0 aliphatic heterocycles. The molecular weight excluding hydrogens is 307 g/mol. The first-order valence-electron chi connectivity index (χ1n) is 6.20. The van der Waals surface area contributed by atoms with Gasteiger partial charge in [-0.3, -0.25) is 4.79 Å².